The molecule has 8 nitrogen and oxygen atoms in total. The third-order valence-corrected chi connectivity index (χ3v) is 5.31. The van der Waals surface area contributed by atoms with Gasteiger partial charge in [-0.25, -0.2) is 15.6 Å². The number of nitrogens with two attached hydrogens (primary N) is 2. The highest BCUT2D eigenvalue weighted by Crippen LogP contribution is 2.38. The maximum absolute atomic E-state index is 12.7. The van der Waals surface area contributed by atoms with Crippen molar-refractivity contribution in [2.75, 3.05) is 30.3 Å². The van der Waals surface area contributed by atoms with Crippen molar-refractivity contribution in [2.45, 2.75) is 25.3 Å². The molecule has 0 saturated carbocycles. The van der Waals surface area contributed by atoms with Gasteiger partial charge in [0.15, 0.2) is 0 Å². The van der Waals surface area contributed by atoms with Crippen molar-refractivity contribution in [3.63, 3.8) is 0 Å². The van der Waals surface area contributed by atoms with Crippen LogP contribution >= 0.6 is 11.6 Å². The molecule has 0 atom stereocenters. The van der Waals surface area contributed by atoms with E-state index < -0.39 is 11.6 Å². The van der Waals surface area contributed by atoms with E-state index in [9.17, 15) is 9.59 Å². The van der Waals surface area contributed by atoms with E-state index in [-0.39, 0.29) is 5.91 Å². The van der Waals surface area contributed by atoms with Gasteiger partial charge in [-0.05, 0) is 31.9 Å². The molecule has 3 rings (SSSR count). The van der Waals surface area contributed by atoms with Gasteiger partial charge in [0.25, 0.3) is 5.91 Å². The van der Waals surface area contributed by atoms with Crippen molar-refractivity contribution in [3.8, 4) is 0 Å². The topological polar surface area (TPSA) is 120 Å². The molecule has 0 unspecified atom stereocenters. The molecule has 3 amide bonds. The zero-order chi connectivity index (χ0) is 18.4. The highest BCUT2D eigenvalue weighted by atomic mass is 35.5. The molecule has 1 aromatic rings. The molecule has 0 bridgehead atoms. The lowest BCUT2D eigenvalue weighted by atomic mass is 9.86. The minimum absolute atomic E-state index is 0.236. The first-order chi connectivity index (χ1) is 11.9. The number of hydrogen-bond acceptors (Lipinski definition) is 6. The quantitative estimate of drug-likeness (QED) is 0.246. The van der Waals surface area contributed by atoms with E-state index >= 15 is 0 Å². The third-order valence-electron chi connectivity index (χ3n) is 5.09. The van der Waals surface area contributed by atoms with Gasteiger partial charge in [-0.1, -0.05) is 11.6 Å². The maximum Gasteiger partial charge on any atom is 0.341 e. The van der Waals surface area contributed by atoms with E-state index in [2.05, 4.69) is 0 Å². The second-order valence-electron chi connectivity index (χ2n) is 6.29. The Balaban J connectivity index is 1.87. The summed E-state index contributed by atoms with van der Waals surface area (Å²) in [7, 11) is 0. The van der Waals surface area contributed by atoms with Crippen molar-refractivity contribution in [1.29, 1.82) is 5.41 Å². The Morgan fingerprint density at radius 2 is 1.96 bits per heavy atom. The Labute approximate surface area is 150 Å². The van der Waals surface area contributed by atoms with Crippen LogP contribution < -0.4 is 16.5 Å². The summed E-state index contributed by atoms with van der Waals surface area (Å²) in [6.45, 7) is 3.07. The number of nitrogen functional groups attached to an aromatic ring is 1. The van der Waals surface area contributed by atoms with E-state index in [1.54, 1.807) is 19.1 Å². The van der Waals surface area contributed by atoms with Crippen LogP contribution in [0.15, 0.2) is 12.1 Å². The van der Waals surface area contributed by atoms with Gasteiger partial charge in [0.05, 0.1) is 0 Å². The maximum atomic E-state index is 12.7. The number of benzene rings is 1. The highest BCUT2D eigenvalue weighted by molar-refractivity contribution is 6.31. The lowest BCUT2D eigenvalue weighted by Gasteiger charge is -2.41. The number of urea groups is 1. The highest BCUT2D eigenvalue weighted by Gasteiger charge is 2.57. The zero-order valence-corrected chi connectivity index (χ0v) is 14.7. The molecular weight excluding hydrogens is 344 g/mol. The average Bonchev–Trinajstić information content (AvgIpc) is 2.76. The molecule has 5 N–H and O–H groups in total. The summed E-state index contributed by atoms with van der Waals surface area (Å²) >= 11 is 6.11. The standard InChI is InChI=1S/C16H21ClN6O2/c1-2-22-14(24)16(23(20)15(22)25)3-5-21(6-4-16)13-8-10(17)7-12(19)11(13)9-18/h7-9,18H,2-6,19-20H2,1H3. The van der Waals surface area contributed by atoms with Crippen LogP contribution in [0.2, 0.25) is 5.02 Å². The number of amides is 3. The molecule has 2 aliphatic rings. The molecule has 2 heterocycles. The number of likely N-dealkylation sites (N-methyl/N-ethyl adjacent to an activating group) is 1. The molecule has 0 aliphatic carbocycles. The summed E-state index contributed by atoms with van der Waals surface area (Å²) < 4.78 is 0. The molecule has 1 spiro atoms. The van der Waals surface area contributed by atoms with Crippen LogP contribution in [0.25, 0.3) is 0 Å². The number of nitrogens with one attached hydrogen (secondary N) is 1. The van der Waals surface area contributed by atoms with Gasteiger partial charge < -0.3 is 16.0 Å². The van der Waals surface area contributed by atoms with Crippen LogP contribution in [-0.4, -0.2) is 53.2 Å². The van der Waals surface area contributed by atoms with E-state index in [4.69, 9.17) is 28.6 Å². The number of piperidine rings is 1. The Kier molecular flexibility index (Phi) is 4.34. The van der Waals surface area contributed by atoms with E-state index in [1.807, 2.05) is 4.90 Å². The number of carbonyl (C=O) groups is 2. The first-order valence-electron chi connectivity index (χ1n) is 8.11. The molecule has 2 aliphatic heterocycles. The van der Waals surface area contributed by atoms with Gasteiger partial charge in [-0.2, -0.15) is 0 Å². The molecule has 9 heteroatoms. The van der Waals surface area contributed by atoms with Crippen molar-refractivity contribution < 1.29 is 9.59 Å². The first kappa shape index (κ1) is 17.5. The molecule has 2 fully saturated rings. The summed E-state index contributed by atoms with van der Waals surface area (Å²) in [5.41, 5.74) is 6.75. The van der Waals surface area contributed by atoms with Crippen LogP contribution in [0.3, 0.4) is 0 Å². The van der Waals surface area contributed by atoms with Crippen molar-refractivity contribution >= 4 is 41.1 Å². The van der Waals surface area contributed by atoms with Crippen molar-refractivity contribution in [1.82, 2.24) is 9.91 Å². The fourth-order valence-electron chi connectivity index (χ4n) is 3.65. The molecule has 134 valence electrons. The lowest BCUT2D eigenvalue weighted by Crippen LogP contribution is -2.59. The number of imide groups is 1. The third kappa shape index (κ3) is 2.52. The summed E-state index contributed by atoms with van der Waals surface area (Å²) in [5, 5.41) is 9.18. The van der Waals surface area contributed by atoms with Crippen LogP contribution in [0, 0.1) is 5.41 Å². The van der Waals surface area contributed by atoms with Crippen LogP contribution in [-0.2, 0) is 4.79 Å². The Bertz CT molecular complexity index is 744. The number of anilines is 2. The number of halogens is 1. The first-order valence-corrected chi connectivity index (χ1v) is 8.49. The van der Waals surface area contributed by atoms with Gasteiger partial charge in [-0.3, -0.25) is 9.69 Å². The Morgan fingerprint density at radius 3 is 2.48 bits per heavy atom. The monoisotopic (exact) mass is 364 g/mol. The fourth-order valence-corrected chi connectivity index (χ4v) is 3.87. The molecule has 1 aromatic carbocycles. The van der Waals surface area contributed by atoms with Crippen LogP contribution in [0.5, 0.6) is 0 Å². The van der Waals surface area contributed by atoms with Gasteiger partial charge in [0.2, 0.25) is 0 Å². The molecule has 0 aromatic heterocycles. The van der Waals surface area contributed by atoms with E-state index in [0.717, 1.165) is 10.7 Å². The predicted octanol–water partition coefficient (Wildman–Crippen LogP) is 1.42. The zero-order valence-electron chi connectivity index (χ0n) is 14.0. The minimum atomic E-state index is -0.988. The number of hydrazine groups is 1. The average molecular weight is 365 g/mol. The number of nitrogens with zero attached hydrogens (tertiary/aromatic N) is 3. The number of carbonyl (C=O) groups excluding carboxylic acids is 2. The van der Waals surface area contributed by atoms with Gasteiger partial charge in [0, 0.05) is 47.8 Å². The SMILES string of the molecule is CCN1C(=O)N(N)C2(CCN(c3cc(Cl)cc(N)c3C=N)CC2)C1=O. The van der Waals surface area contributed by atoms with E-state index in [0.29, 0.717) is 48.7 Å². The van der Waals surface area contributed by atoms with Gasteiger partial charge in [0.1, 0.15) is 5.54 Å². The Hall–Kier alpha value is -2.32. The van der Waals surface area contributed by atoms with Crippen molar-refractivity contribution in [3.05, 3.63) is 22.7 Å². The predicted molar refractivity (Wildman–Crippen MR) is 96.7 cm³/mol. The molecule has 2 saturated heterocycles. The smallest absolute Gasteiger partial charge is 0.341 e. The minimum Gasteiger partial charge on any atom is -0.398 e. The van der Waals surface area contributed by atoms with Crippen LogP contribution in [0.1, 0.15) is 25.3 Å². The Morgan fingerprint density at radius 1 is 1.32 bits per heavy atom. The molecular formula is C16H21ClN6O2. The second-order valence-corrected chi connectivity index (χ2v) is 6.73. The molecule has 0 radical (unpaired) electrons. The van der Waals surface area contributed by atoms with E-state index in [1.165, 1.54) is 11.1 Å². The lowest BCUT2D eigenvalue weighted by molar-refractivity contribution is -0.134. The summed E-state index contributed by atoms with van der Waals surface area (Å²) in [6, 6.07) is 2.92. The molecule has 25 heavy (non-hydrogen) atoms. The summed E-state index contributed by atoms with van der Waals surface area (Å²) in [6.07, 6.45) is 2.02. The summed E-state index contributed by atoms with van der Waals surface area (Å²) in [4.78, 5) is 28.1. The van der Waals surface area contributed by atoms with Crippen molar-refractivity contribution in [2.24, 2.45) is 5.84 Å². The number of rotatable bonds is 3. The largest absolute Gasteiger partial charge is 0.398 e. The van der Waals surface area contributed by atoms with Gasteiger partial charge in [-0.15, -0.1) is 0 Å². The second kappa shape index (κ2) is 6.20. The number of hydrogen-bond donors (Lipinski definition) is 3. The normalized spacial score (nSPS) is 19.9. The van der Waals surface area contributed by atoms with Crippen LogP contribution in [0.4, 0.5) is 16.2 Å². The fraction of sp³-hybridized carbons (Fsp3) is 0.438. The summed E-state index contributed by atoms with van der Waals surface area (Å²) in [5.74, 6) is 5.72. The van der Waals surface area contributed by atoms with Gasteiger partial charge >= 0.3 is 6.03 Å².